The van der Waals surface area contributed by atoms with Crippen LogP contribution in [0.3, 0.4) is 0 Å². The molecule has 0 bridgehead atoms. The molecule has 0 N–H and O–H groups in total. The molecule has 0 amide bonds. The molecule has 21 heavy (non-hydrogen) atoms. The van der Waals surface area contributed by atoms with E-state index in [4.69, 9.17) is 20.8 Å². The zero-order valence-electron chi connectivity index (χ0n) is 12.3. The Bertz CT molecular complexity index is 676. The summed E-state index contributed by atoms with van der Waals surface area (Å²) in [5.41, 5.74) is -0.0622. The Balaban J connectivity index is 1.98. The van der Waals surface area contributed by atoms with Crippen LogP contribution in [0.4, 0.5) is 0 Å². The second-order valence-electron chi connectivity index (χ2n) is 6.02. The zero-order chi connectivity index (χ0) is 15.0. The van der Waals surface area contributed by atoms with Gasteiger partial charge < -0.3 is 9.15 Å². The van der Waals surface area contributed by atoms with Gasteiger partial charge in [-0.05, 0) is 49.4 Å². The van der Waals surface area contributed by atoms with E-state index in [0.29, 0.717) is 22.3 Å². The van der Waals surface area contributed by atoms with Gasteiger partial charge in [0, 0.05) is 17.5 Å². The fraction of sp³-hybridized carbons (Fsp3) is 0.471. The average molecular weight is 307 g/mol. The highest BCUT2D eigenvalue weighted by atomic mass is 35.5. The van der Waals surface area contributed by atoms with Crippen molar-refractivity contribution >= 4 is 28.4 Å². The molecule has 112 valence electrons. The Labute approximate surface area is 129 Å². The fourth-order valence-electron chi connectivity index (χ4n) is 3.34. The molecule has 0 radical (unpaired) electrons. The van der Waals surface area contributed by atoms with Gasteiger partial charge in [0.05, 0.1) is 0 Å². The molecule has 1 aromatic carbocycles. The van der Waals surface area contributed by atoms with Crippen molar-refractivity contribution in [2.45, 2.75) is 38.2 Å². The van der Waals surface area contributed by atoms with E-state index in [-0.39, 0.29) is 5.78 Å². The molecular formula is C17H19ClO3. The molecule has 1 aliphatic carbocycles. The van der Waals surface area contributed by atoms with Crippen molar-refractivity contribution in [2.75, 3.05) is 7.11 Å². The standard InChI is InChI=1S/C17H19ClO3/c1-11-4-3-7-17(10-11,20-2)16(19)15-9-12-8-13(18)5-6-14(12)21-15/h5-6,8-9,11H,3-4,7,10H2,1-2H3. The minimum atomic E-state index is -0.741. The highest BCUT2D eigenvalue weighted by Gasteiger charge is 2.43. The molecule has 0 spiro atoms. The third-order valence-electron chi connectivity index (χ3n) is 4.46. The Hall–Kier alpha value is -1.32. The molecule has 3 rings (SSSR count). The number of Topliss-reactive ketones (excluding diaryl/α,β-unsaturated/α-hetero) is 1. The summed E-state index contributed by atoms with van der Waals surface area (Å²) in [6, 6.07) is 7.12. The quantitative estimate of drug-likeness (QED) is 0.760. The Morgan fingerprint density at radius 1 is 1.43 bits per heavy atom. The third-order valence-corrected chi connectivity index (χ3v) is 4.70. The highest BCUT2D eigenvalue weighted by Crippen LogP contribution is 2.38. The largest absolute Gasteiger partial charge is 0.453 e. The third kappa shape index (κ3) is 2.60. The number of carbonyl (C=O) groups excluding carboxylic acids is 1. The van der Waals surface area contributed by atoms with Crippen molar-refractivity contribution < 1.29 is 13.9 Å². The van der Waals surface area contributed by atoms with Gasteiger partial charge in [0.25, 0.3) is 0 Å². The van der Waals surface area contributed by atoms with E-state index in [0.717, 1.165) is 31.1 Å². The van der Waals surface area contributed by atoms with Crippen LogP contribution in [0.25, 0.3) is 11.0 Å². The molecule has 2 unspecified atom stereocenters. The maximum atomic E-state index is 12.9. The van der Waals surface area contributed by atoms with Crippen LogP contribution in [-0.4, -0.2) is 18.5 Å². The predicted molar refractivity (Wildman–Crippen MR) is 82.9 cm³/mol. The number of hydrogen-bond acceptors (Lipinski definition) is 3. The summed E-state index contributed by atoms with van der Waals surface area (Å²) in [6.45, 7) is 2.17. The van der Waals surface area contributed by atoms with E-state index >= 15 is 0 Å². The van der Waals surface area contributed by atoms with Gasteiger partial charge in [-0.3, -0.25) is 4.79 Å². The number of methoxy groups -OCH3 is 1. The first-order valence-corrected chi connectivity index (χ1v) is 7.71. The molecule has 1 heterocycles. The smallest absolute Gasteiger partial charge is 0.229 e. The summed E-state index contributed by atoms with van der Waals surface area (Å²) in [4.78, 5) is 12.9. The van der Waals surface area contributed by atoms with Crippen LogP contribution in [0.2, 0.25) is 5.02 Å². The second kappa shape index (κ2) is 5.47. The Morgan fingerprint density at radius 2 is 2.24 bits per heavy atom. The van der Waals surface area contributed by atoms with Gasteiger partial charge in [-0.15, -0.1) is 0 Å². The fourth-order valence-corrected chi connectivity index (χ4v) is 3.52. The number of hydrogen-bond donors (Lipinski definition) is 0. The molecule has 2 atom stereocenters. The number of ether oxygens (including phenoxy) is 1. The van der Waals surface area contributed by atoms with Crippen LogP contribution < -0.4 is 0 Å². The van der Waals surface area contributed by atoms with Crippen LogP contribution in [-0.2, 0) is 4.74 Å². The molecule has 4 heteroatoms. The summed E-state index contributed by atoms with van der Waals surface area (Å²) in [5.74, 6) is 0.800. The molecule has 0 aliphatic heterocycles. The van der Waals surface area contributed by atoms with Crippen molar-refractivity contribution in [3.63, 3.8) is 0 Å². The summed E-state index contributed by atoms with van der Waals surface area (Å²) in [6.07, 6.45) is 3.66. The first-order valence-electron chi connectivity index (χ1n) is 7.33. The topological polar surface area (TPSA) is 39.4 Å². The van der Waals surface area contributed by atoms with Gasteiger partial charge in [-0.2, -0.15) is 0 Å². The number of furan rings is 1. The molecule has 1 aromatic heterocycles. The molecule has 1 fully saturated rings. The van der Waals surface area contributed by atoms with E-state index < -0.39 is 5.60 Å². The lowest BCUT2D eigenvalue weighted by Crippen LogP contribution is -2.44. The van der Waals surface area contributed by atoms with Crippen molar-refractivity contribution in [3.8, 4) is 0 Å². The van der Waals surface area contributed by atoms with Crippen molar-refractivity contribution in [3.05, 3.63) is 35.0 Å². The maximum Gasteiger partial charge on any atom is 0.229 e. The monoisotopic (exact) mass is 306 g/mol. The summed E-state index contributed by atoms with van der Waals surface area (Å²) in [5, 5.41) is 1.48. The van der Waals surface area contributed by atoms with Crippen LogP contribution in [0.5, 0.6) is 0 Å². The molecule has 1 saturated carbocycles. The molecule has 0 saturated heterocycles. The van der Waals surface area contributed by atoms with Crippen LogP contribution in [0.15, 0.2) is 28.7 Å². The Morgan fingerprint density at radius 3 is 2.95 bits per heavy atom. The minimum absolute atomic E-state index is 0.0520. The molecule has 3 nitrogen and oxygen atoms in total. The molecular weight excluding hydrogens is 288 g/mol. The number of benzene rings is 1. The summed E-state index contributed by atoms with van der Waals surface area (Å²) < 4.78 is 11.4. The number of rotatable bonds is 3. The number of carbonyl (C=O) groups is 1. The van der Waals surface area contributed by atoms with Gasteiger partial charge in [-0.25, -0.2) is 0 Å². The van der Waals surface area contributed by atoms with Gasteiger partial charge in [0.1, 0.15) is 11.2 Å². The van der Waals surface area contributed by atoms with Gasteiger partial charge in [0.15, 0.2) is 5.76 Å². The number of halogens is 1. The first kappa shape index (κ1) is 14.6. The summed E-state index contributed by atoms with van der Waals surface area (Å²) >= 11 is 5.98. The lowest BCUT2D eigenvalue weighted by Gasteiger charge is -2.36. The molecule has 2 aromatic rings. The van der Waals surface area contributed by atoms with Crippen molar-refractivity contribution in [2.24, 2.45) is 5.92 Å². The van der Waals surface area contributed by atoms with Gasteiger partial charge in [-0.1, -0.05) is 24.9 Å². The van der Waals surface area contributed by atoms with E-state index in [2.05, 4.69) is 6.92 Å². The van der Waals surface area contributed by atoms with Gasteiger partial charge in [0.2, 0.25) is 5.78 Å². The van der Waals surface area contributed by atoms with E-state index in [1.807, 2.05) is 0 Å². The summed E-state index contributed by atoms with van der Waals surface area (Å²) in [7, 11) is 1.62. The first-order chi connectivity index (χ1) is 10.0. The van der Waals surface area contributed by atoms with Crippen LogP contribution in [0, 0.1) is 5.92 Å². The number of fused-ring (bicyclic) bond motifs is 1. The average Bonchev–Trinajstić information content (AvgIpc) is 2.89. The highest BCUT2D eigenvalue weighted by molar-refractivity contribution is 6.31. The molecule has 1 aliphatic rings. The lowest BCUT2D eigenvalue weighted by atomic mass is 9.76. The minimum Gasteiger partial charge on any atom is -0.453 e. The normalized spacial score (nSPS) is 26.1. The van der Waals surface area contributed by atoms with Crippen LogP contribution in [0.1, 0.15) is 43.2 Å². The van der Waals surface area contributed by atoms with E-state index in [9.17, 15) is 4.79 Å². The number of ketones is 1. The SMILES string of the molecule is COC1(C(=O)c2cc3cc(Cl)ccc3o2)CCCC(C)C1. The van der Waals surface area contributed by atoms with Crippen LogP contribution >= 0.6 is 11.6 Å². The zero-order valence-corrected chi connectivity index (χ0v) is 13.1. The van der Waals surface area contributed by atoms with E-state index in [1.165, 1.54) is 0 Å². The van der Waals surface area contributed by atoms with E-state index in [1.54, 1.807) is 31.4 Å². The Kier molecular flexibility index (Phi) is 3.80. The maximum absolute atomic E-state index is 12.9. The lowest BCUT2D eigenvalue weighted by molar-refractivity contribution is -0.0318. The van der Waals surface area contributed by atoms with Crippen molar-refractivity contribution in [1.29, 1.82) is 0 Å². The van der Waals surface area contributed by atoms with Crippen molar-refractivity contribution in [1.82, 2.24) is 0 Å². The predicted octanol–water partition coefficient (Wildman–Crippen LogP) is 4.86. The van der Waals surface area contributed by atoms with Gasteiger partial charge >= 0.3 is 0 Å². The second-order valence-corrected chi connectivity index (χ2v) is 6.46.